The maximum Gasteiger partial charge on any atom is 0.472 e. The summed E-state index contributed by atoms with van der Waals surface area (Å²) in [7, 11) is 1.49. The first-order valence-electron chi connectivity index (χ1n) is 23.8. The molecule has 0 saturated heterocycles. The molecule has 1 unspecified atom stereocenters. The highest BCUT2D eigenvalue weighted by atomic mass is 31.2. The van der Waals surface area contributed by atoms with E-state index in [0.717, 1.165) is 38.5 Å². The molecule has 0 heterocycles. The van der Waals surface area contributed by atoms with Gasteiger partial charge in [-0.25, -0.2) is 4.57 Å². The SMILES string of the molecule is CCCCCCCCCCCCCCCCCCCCCCCCC(=O)O[C@H](COC(=O)CCCCCCCCCCCC)COP(=O)(O)OCC[N+](C)(C)C. The predicted octanol–water partition coefficient (Wildman–Crippen LogP) is 13.6. The third-order valence-electron chi connectivity index (χ3n) is 10.6. The molecular formula is C46H93NO8P+. The molecule has 9 nitrogen and oxygen atoms in total. The standard InChI is InChI=1S/C46H92NO8P/c1-6-8-10-12-14-16-18-19-20-21-22-23-24-25-26-27-28-29-31-33-35-37-39-46(49)55-44(43-54-56(50,51)53-41-40-47(3,4)5)42-52-45(48)38-36-34-32-30-17-15-13-11-9-7-2/h44H,6-43H2,1-5H3/p+1/t44-/m1/s1. The van der Waals surface area contributed by atoms with Gasteiger partial charge in [-0.3, -0.25) is 18.6 Å². The largest absolute Gasteiger partial charge is 0.472 e. The summed E-state index contributed by atoms with van der Waals surface area (Å²) in [5.41, 5.74) is 0. The Bertz CT molecular complexity index is 927. The molecule has 0 aliphatic carbocycles. The summed E-state index contributed by atoms with van der Waals surface area (Å²) in [6, 6.07) is 0. The molecule has 56 heavy (non-hydrogen) atoms. The van der Waals surface area contributed by atoms with Gasteiger partial charge in [-0.05, 0) is 12.8 Å². The van der Waals surface area contributed by atoms with Gasteiger partial charge >= 0.3 is 19.8 Å². The van der Waals surface area contributed by atoms with E-state index >= 15 is 0 Å². The van der Waals surface area contributed by atoms with Crippen LogP contribution in [0, 0.1) is 0 Å². The van der Waals surface area contributed by atoms with Gasteiger partial charge in [0.25, 0.3) is 0 Å². The number of ether oxygens (including phenoxy) is 2. The third-order valence-corrected chi connectivity index (χ3v) is 11.6. The van der Waals surface area contributed by atoms with Crippen molar-refractivity contribution < 1.29 is 42.1 Å². The Balaban J connectivity index is 4.16. The molecule has 0 rings (SSSR count). The second kappa shape index (κ2) is 39.5. The second-order valence-corrected chi connectivity index (χ2v) is 19.0. The third kappa shape index (κ3) is 42.6. The van der Waals surface area contributed by atoms with Crippen LogP contribution in [0.3, 0.4) is 0 Å². The molecule has 0 aromatic rings. The summed E-state index contributed by atoms with van der Waals surface area (Å²) >= 11 is 0. The highest BCUT2D eigenvalue weighted by molar-refractivity contribution is 7.47. The number of hydrogen-bond acceptors (Lipinski definition) is 7. The van der Waals surface area contributed by atoms with Gasteiger partial charge in [0, 0.05) is 12.8 Å². The molecular weight excluding hydrogens is 725 g/mol. The number of phosphoric acid groups is 1. The zero-order valence-electron chi connectivity index (χ0n) is 37.6. The van der Waals surface area contributed by atoms with Gasteiger partial charge in [-0.1, -0.05) is 206 Å². The van der Waals surface area contributed by atoms with Crippen LogP contribution in [-0.4, -0.2) is 74.9 Å². The molecule has 10 heteroatoms. The number of hydrogen-bond donors (Lipinski definition) is 1. The first-order chi connectivity index (χ1) is 27.0. The number of unbranched alkanes of at least 4 members (excludes halogenated alkanes) is 30. The molecule has 0 radical (unpaired) electrons. The van der Waals surface area contributed by atoms with E-state index in [9.17, 15) is 19.0 Å². The molecule has 2 atom stereocenters. The van der Waals surface area contributed by atoms with E-state index in [1.165, 1.54) is 167 Å². The van der Waals surface area contributed by atoms with Gasteiger partial charge in [-0.2, -0.15) is 0 Å². The van der Waals surface area contributed by atoms with Crippen LogP contribution < -0.4 is 0 Å². The van der Waals surface area contributed by atoms with Crippen LogP contribution >= 0.6 is 7.82 Å². The minimum atomic E-state index is -4.36. The lowest BCUT2D eigenvalue weighted by atomic mass is 10.0. The normalized spacial score (nSPS) is 13.5. The average molecular weight is 819 g/mol. The van der Waals surface area contributed by atoms with Crippen LogP contribution in [0.4, 0.5) is 0 Å². The van der Waals surface area contributed by atoms with Crippen LogP contribution in [0.5, 0.6) is 0 Å². The Morgan fingerprint density at radius 1 is 0.482 bits per heavy atom. The van der Waals surface area contributed by atoms with Crippen LogP contribution in [0.1, 0.15) is 232 Å². The number of esters is 2. The Labute approximate surface area is 346 Å². The van der Waals surface area contributed by atoms with Gasteiger partial charge in [0.2, 0.25) is 0 Å². The van der Waals surface area contributed by atoms with Crippen molar-refractivity contribution in [1.82, 2.24) is 0 Å². The van der Waals surface area contributed by atoms with E-state index in [0.29, 0.717) is 17.4 Å². The number of phosphoric ester groups is 1. The number of quaternary nitrogens is 1. The molecule has 0 aliphatic rings. The van der Waals surface area contributed by atoms with Gasteiger partial charge in [-0.15, -0.1) is 0 Å². The van der Waals surface area contributed by atoms with Gasteiger partial charge in [0.15, 0.2) is 6.10 Å². The monoisotopic (exact) mass is 819 g/mol. The van der Waals surface area contributed by atoms with E-state index in [-0.39, 0.29) is 25.6 Å². The predicted molar refractivity (Wildman–Crippen MR) is 234 cm³/mol. The molecule has 0 aromatic heterocycles. The molecule has 334 valence electrons. The van der Waals surface area contributed by atoms with E-state index < -0.39 is 26.5 Å². The lowest BCUT2D eigenvalue weighted by molar-refractivity contribution is -0.870. The Morgan fingerprint density at radius 3 is 1.14 bits per heavy atom. The fourth-order valence-electron chi connectivity index (χ4n) is 6.90. The second-order valence-electron chi connectivity index (χ2n) is 17.5. The summed E-state index contributed by atoms with van der Waals surface area (Å²) in [5.74, 6) is -0.784. The maximum absolute atomic E-state index is 12.7. The van der Waals surface area contributed by atoms with E-state index in [1.54, 1.807) is 0 Å². The summed E-state index contributed by atoms with van der Waals surface area (Å²) in [6.45, 7) is 4.45. The van der Waals surface area contributed by atoms with E-state index in [2.05, 4.69) is 13.8 Å². The zero-order valence-corrected chi connectivity index (χ0v) is 38.5. The van der Waals surface area contributed by atoms with Gasteiger partial charge in [0.1, 0.15) is 19.8 Å². The minimum Gasteiger partial charge on any atom is -0.462 e. The fraction of sp³-hybridized carbons (Fsp3) is 0.957. The summed E-state index contributed by atoms with van der Waals surface area (Å²) in [5, 5.41) is 0. The minimum absolute atomic E-state index is 0.0368. The van der Waals surface area contributed by atoms with Crippen molar-refractivity contribution in [2.45, 2.75) is 238 Å². The highest BCUT2D eigenvalue weighted by Crippen LogP contribution is 2.43. The van der Waals surface area contributed by atoms with Crippen molar-refractivity contribution in [3.8, 4) is 0 Å². The fourth-order valence-corrected chi connectivity index (χ4v) is 7.64. The highest BCUT2D eigenvalue weighted by Gasteiger charge is 2.27. The quantitative estimate of drug-likeness (QED) is 0.0280. The smallest absolute Gasteiger partial charge is 0.462 e. The Hall–Kier alpha value is -0.990. The lowest BCUT2D eigenvalue weighted by Crippen LogP contribution is -2.37. The van der Waals surface area contributed by atoms with Crippen LogP contribution in [-0.2, 0) is 32.7 Å². The van der Waals surface area contributed by atoms with Crippen molar-refractivity contribution in [2.75, 3.05) is 47.5 Å². The molecule has 0 bridgehead atoms. The van der Waals surface area contributed by atoms with Crippen molar-refractivity contribution in [3.05, 3.63) is 0 Å². The van der Waals surface area contributed by atoms with Crippen molar-refractivity contribution in [2.24, 2.45) is 0 Å². The molecule has 0 spiro atoms. The van der Waals surface area contributed by atoms with Crippen molar-refractivity contribution >= 4 is 19.8 Å². The average Bonchev–Trinajstić information content (AvgIpc) is 3.15. The number of nitrogens with zero attached hydrogens (tertiary/aromatic N) is 1. The lowest BCUT2D eigenvalue weighted by Gasteiger charge is -2.24. The molecule has 1 N–H and O–H groups in total. The van der Waals surface area contributed by atoms with Gasteiger partial charge in [0.05, 0.1) is 27.7 Å². The molecule has 0 fully saturated rings. The first-order valence-corrected chi connectivity index (χ1v) is 25.3. The number of carbonyl (C=O) groups is 2. The maximum atomic E-state index is 12.7. The molecule has 0 amide bonds. The van der Waals surface area contributed by atoms with Crippen LogP contribution in [0.15, 0.2) is 0 Å². The Morgan fingerprint density at radius 2 is 0.804 bits per heavy atom. The summed E-state index contributed by atoms with van der Waals surface area (Å²) in [4.78, 5) is 35.3. The number of carbonyl (C=O) groups excluding carboxylic acids is 2. The van der Waals surface area contributed by atoms with Crippen molar-refractivity contribution in [3.63, 3.8) is 0 Å². The van der Waals surface area contributed by atoms with Crippen LogP contribution in [0.25, 0.3) is 0 Å². The molecule has 0 aromatic carbocycles. The number of likely N-dealkylation sites (N-methyl/N-ethyl adjacent to an activating group) is 1. The van der Waals surface area contributed by atoms with Gasteiger partial charge < -0.3 is 18.9 Å². The topological polar surface area (TPSA) is 108 Å². The van der Waals surface area contributed by atoms with Crippen molar-refractivity contribution in [1.29, 1.82) is 0 Å². The summed E-state index contributed by atoms with van der Waals surface area (Å²) < 4.78 is 34.3. The van der Waals surface area contributed by atoms with E-state index in [1.807, 2.05) is 21.1 Å². The molecule has 0 aliphatic heterocycles. The van der Waals surface area contributed by atoms with Crippen LogP contribution in [0.2, 0.25) is 0 Å². The zero-order chi connectivity index (χ0) is 41.4. The number of rotatable bonds is 44. The van der Waals surface area contributed by atoms with E-state index in [4.69, 9.17) is 18.5 Å². The first kappa shape index (κ1) is 55.0. The Kier molecular flexibility index (Phi) is 38.8. The summed E-state index contributed by atoms with van der Waals surface area (Å²) in [6.07, 6.45) is 40.2. The molecule has 0 saturated carbocycles.